The number of hydrogen-bond acceptors (Lipinski definition) is 2. The molecule has 0 aliphatic rings. The van der Waals surface area contributed by atoms with Crippen molar-refractivity contribution in [2.75, 3.05) is 6.54 Å². The molecule has 21 heavy (non-hydrogen) atoms. The molecular formula is C17H21F2NS. The van der Waals surface area contributed by atoms with E-state index in [0.29, 0.717) is 11.1 Å². The minimum atomic E-state index is -0.364. The molecule has 1 N–H and O–H groups in total. The maximum absolute atomic E-state index is 14.0. The lowest BCUT2D eigenvalue weighted by molar-refractivity contribution is 0.525. The lowest BCUT2D eigenvalue weighted by atomic mass is 10.1. The zero-order valence-corrected chi connectivity index (χ0v) is 13.5. The van der Waals surface area contributed by atoms with Gasteiger partial charge >= 0.3 is 0 Å². The summed E-state index contributed by atoms with van der Waals surface area (Å²) < 4.78 is 27.7. The summed E-state index contributed by atoms with van der Waals surface area (Å²) in [7, 11) is 0. The molecule has 1 aromatic carbocycles. The molecule has 0 spiro atoms. The molecule has 0 bridgehead atoms. The van der Waals surface area contributed by atoms with E-state index in [1.165, 1.54) is 28.3 Å². The van der Waals surface area contributed by atoms with E-state index in [1.807, 2.05) is 12.1 Å². The summed E-state index contributed by atoms with van der Waals surface area (Å²) in [6, 6.07) is 6.72. The van der Waals surface area contributed by atoms with Crippen molar-refractivity contribution in [1.82, 2.24) is 5.32 Å². The predicted molar refractivity (Wildman–Crippen MR) is 85.7 cm³/mol. The predicted octanol–water partition coefficient (Wildman–Crippen LogP) is 5.45. The van der Waals surface area contributed by atoms with Crippen LogP contribution in [0.25, 0.3) is 10.4 Å². The third-order valence-corrected chi connectivity index (χ3v) is 4.77. The van der Waals surface area contributed by atoms with Crippen molar-refractivity contribution < 1.29 is 8.78 Å². The van der Waals surface area contributed by atoms with Gasteiger partial charge in [-0.05, 0) is 56.1 Å². The van der Waals surface area contributed by atoms with Crippen LogP contribution < -0.4 is 5.32 Å². The maximum Gasteiger partial charge on any atom is 0.132 e. The number of aryl methyl sites for hydroxylation is 1. The van der Waals surface area contributed by atoms with E-state index in [-0.39, 0.29) is 17.7 Å². The van der Waals surface area contributed by atoms with Gasteiger partial charge in [0.25, 0.3) is 0 Å². The van der Waals surface area contributed by atoms with Crippen LogP contribution in [-0.2, 0) is 0 Å². The second-order valence-electron chi connectivity index (χ2n) is 5.20. The molecule has 0 saturated heterocycles. The van der Waals surface area contributed by atoms with Crippen molar-refractivity contribution in [3.05, 3.63) is 46.3 Å². The van der Waals surface area contributed by atoms with Gasteiger partial charge in [-0.3, -0.25) is 0 Å². The van der Waals surface area contributed by atoms with Gasteiger partial charge in [-0.15, -0.1) is 11.3 Å². The molecule has 0 aliphatic heterocycles. The summed E-state index contributed by atoms with van der Waals surface area (Å²) in [4.78, 5) is 1.94. The van der Waals surface area contributed by atoms with Gasteiger partial charge < -0.3 is 5.32 Å². The Bertz CT molecular complexity index is 607. The molecule has 1 heterocycles. The number of halogens is 2. The molecule has 114 valence electrons. The summed E-state index contributed by atoms with van der Waals surface area (Å²) >= 11 is 1.53. The number of thiophene rings is 1. The Hall–Kier alpha value is -1.26. The van der Waals surface area contributed by atoms with E-state index < -0.39 is 0 Å². The fourth-order valence-electron chi connectivity index (χ4n) is 2.28. The number of rotatable bonds is 6. The van der Waals surface area contributed by atoms with Gasteiger partial charge in [-0.1, -0.05) is 13.8 Å². The summed E-state index contributed by atoms with van der Waals surface area (Å²) in [5.74, 6) is -0.727. The second kappa shape index (κ2) is 7.14. The van der Waals surface area contributed by atoms with Crippen molar-refractivity contribution in [3.8, 4) is 10.4 Å². The SMILES string of the molecule is CCCNC(CC)c1ccc(-c2cc(F)c(C)cc2F)s1. The first kappa shape index (κ1) is 16.1. The van der Waals surface area contributed by atoms with Crippen LogP contribution in [0.15, 0.2) is 24.3 Å². The Morgan fingerprint density at radius 2 is 1.90 bits per heavy atom. The first-order valence-corrected chi connectivity index (χ1v) is 8.17. The number of hydrogen-bond donors (Lipinski definition) is 1. The first-order chi connectivity index (χ1) is 10.1. The fourth-order valence-corrected chi connectivity index (χ4v) is 3.47. The van der Waals surface area contributed by atoms with Crippen molar-refractivity contribution in [2.45, 2.75) is 39.7 Å². The Kier molecular flexibility index (Phi) is 5.48. The molecule has 2 aromatic rings. The van der Waals surface area contributed by atoms with Gasteiger partial charge in [-0.2, -0.15) is 0 Å². The van der Waals surface area contributed by atoms with Crippen molar-refractivity contribution in [2.24, 2.45) is 0 Å². The van der Waals surface area contributed by atoms with Crippen LogP contribution in [0.3, 0.4) is 0 Å². The van der Waals surface area contributed by atoms with Crippen LogP contribution in [-0.4, -0.2) is 6.54 Å². The topological polar surface area (TPSA) is 12.0 Å². The number of nitrogens with one attached hydrogen (secondary N) is 1. The molecular weight excluding hydrogens is 288 g/mol. The van der Waals surface area contributed by atoms with Crippen LogP contribution in [0.2, 0.25) is 0 Å². The molecule has 0 amide bonds. The Balaban J connectivity index is 2.29. The van der Waals surface area contributed by atoms with Gasteiger partial charge in [0.2, 0.25) is 0 Å². The Morgan fingerprint density at radius 1 is 1.14 bits per heavy atom. The lowest BCUT2D eigenvalue weighted by Gasteiger charge is -2.14. The van der Waals surface area contributed by atoms with Gasteiger partial charge in [0.05, 0.1) is 0 Å². The highest BCUT2D eigenvalue weighted by atomic mass is 32.1. The van der Waals surface area contributed by atoms with Gasteiger partial charge in [-0.25, -0.2) is 8.78 Å². The van der Waals surface area contributed by atoms with Crippen LogP contribution in [0.4, 0.5) is 8.78 Å². The van der Waals surface area contributed by atoms with Crippen LogP contribution >= 0.6 is 11.3 Å². The zero-order valence-electron chi connectivity index (χ0n) is 12.7. The highest BCUT2D eigenvalue weighted by molar-refractivity contribution is 7.15. The molecule has 4 heteroatoms. The van der Waals surface area contributed by atoms with Crippen molar-refractivity contribution in [3.63, 3.8) is 0 Å². The van der Waals surface area contributed by atoms with Crippen molar-refractivity contribution in [1.29, 1.82) is 0 Å². The largest absolute Gasteiger partial charge is 0.309 e. The number of benzene rings is 1. The monoisotopic (exact) mass is 309 g/mol. The summed E-state index contributed by atoms with van der Waals surface area (Å²) in [5, 5.41) is 3.48. The normalized spacial score (nSPS) is 12.6. The van der Waals surface area contributed by atoms with E-state index in [9.17, 15) is 8.78 Å². The van der Waals surface area contributed by atoms with Crippen LogP contribution in [0.5, 0.6) is 0 Å². The van der Waals surface area contributed by atoms with E-state index in [0.717, 1.165) is 24.3 Å². The molecule has 1 aromatic heterocycles. The average Bonchev–Trinajstić information content (AvgIpc) is 2.93. The first-order valence-electron chi connectivity index (χ1n) is 7.35. The smallest absolute Gasteiger partial charge is 0.132 e. The quantitative estimate of drug-likeness (QED) is 0.748. The van der Waals surface area contributed by atoms with E-state index in [1.54, 1.807) is 6.92 Å². The highest BCUT2D eigenvalue weighted by Gasteiger charge is 2.15. The minimum absolute atomic E-state index is 0.280. The summed E-state index contributed by atoms with van der Waals surface area (Å²) in [6.07, 6.45) is 2.05. The molecule has 0 fully saturated rings. The molecule has 0 radical (unpaired) electrons. The standard InChI is InChI=1S/C17H21F2NS/c1-4-8-20-15(5-2)17-7-6-16(21-17)12-10-13(18)11(3)9-14(12)19/h6-7,9-10,15,20H,4-5,8H2,1-3H3. The van der Waals surface area contributed by atoms with E-state index >= 15 is 0 Å². The molecule has 0 saturated carbocycles. The van der Waals surface area contributed by atoms with E-state index in [4.69, 9.17) is 0 Å². The molecule has 1 atom stereocenters. The molecule has 0 aliphatic carbocycles. The second-order valence-corrected chi connectivity index (χ2v) is 6.31. The van der Waals surface area contributed by atoms with Crippen LogP contribution in [0, 0.1) is 18.6 Å². The van der Waals surface area contributed by atoms with Gasteiger partial charge in [0.1, 0.15) is 11.6 Å². The highest BCUT2D eigenvalue weighted by Crippen LogP contribution is 2.34. The molecule has 1 unspecified atom stereocenters. The lowest BCUT2D eigenvalue weighted by Crippen LogP contribution is -2.20. The Labute approximate surface area is 129 Å². The summed E-state index contributed by atoms with van der Waals surface area (Å²) in [5.41, 5.74) is 0.684. The van der Waals surface area contributed by atoms with Crippen LogP contribution in [0.1, 0.15) is 43.2 Å². The van der Waals surface area contributed by atoms with Gasteiger partial charge in [0, 0.05) is 21.4 Å². The van der Waals surface area contributed by atoms with E-state index in [2.05, 4.69) is 19.2 Å². The maximum atomic E-state index is 14.0. The Morgan fingerprint density at radius 3 is 2.57 bits per heavy atom. The minimum Gasteiger partial charge on any atom is -0.309 e. The third kappa shape index (κ3) is 3.69. The summed E-state index contributed by atoms with van der Waals surface area (Å²) in [6.45, 7) is 6.78. The average molecular weight is 309 g/mol. The zero-order chi connectivity index (χ0) is 15.4. The van der Waals surface area contributed by atoms with Crippen molar-refractivity contribution >= 4 is 11.3 Å². The van der Waals surface area contributed by atoms with Gasteiger partial charge in [0.15, 0.2) is 0 Å². The molecule has 1 nitrogen and oxygen atoms in total. The fraction of sp³-hybridized carbons (Fsp3) is 0.412. The third-order valence-electron chi connectivity index (χ3n) is 3.53. The molecule has 2 rings (SSSR count).